The number of carboxylic acids is 1. The van der Waals surface area contributed by atoms with Gasteiger partial charge in [-0.25, -0.2) is 22.0 Å². The first-order valence-electron chi connectivity index (χ1n) is 6.66. The Hall–Kier alpha value is -2.88. The van der Waals surface area contributed by atoms with E-state index in [1.54, 1.807) is 0 Å². The van der Waals surface area contributed by atoms with Gasteiger partial charge in [-0.1, -0.05) is 0 Å². The van der Waals surface area contributed by atoms with E-state index in [2.05, 4.69) is 0 Å². The van der Waals surface area contributed by atoms with Gasteiger partial charge in [-0.15, -0.1) is 0 Å². The van der Waals surface area contributed by atoms with Crippen molar-refractivity contribution < 1.29 is 36.6 Å². The molecule has 0 radical (unpaired) electrons. The van der Waals surface area contributed by atoms with Gasteiger partial charge in [-0.3, -0.25) is 4.72 Å². The quantitative estimate of drug-likeness (QED) is 0.807. The Morgan fingerprint density at radius 3 is 2.32 bits per heavy atom. The number of rotatable bonds is 6. The maximum atomic E-state index is 13.7. The number of sulfonamides is 1. The number of carboxylic acid groups (broad SMARTS) is 1. The van der Waals surface area contributed by atoms with Crippen LogP contribution in [0.1, 0.15) is 10.4 Å². The third kappa shape index (κ3) is 3.79. The number of nitrogens with one attached hydrogen (secondary N) is 1. The highest BCUT2D eigenvalue weighted by Crippen LogP contribution is 2.34. The summed E-state index contributed by atoms with van der Waals surface area (Å²) in [6.07, 6.45) is 0. The fourth-order valence-electron chi connectivity index (χ4n) is 2.03. The first kappa shape index (κ1) is 18.5. The molecule has 0 amide bonds. The van der Waals surface area contributed by atoms with Crippen molar-refractivity contribution in [3.63, 3.8) is 0 Å². The first-order valence-corrected chi connectivity index (χ1v) is 8.15. The minimum atomic E-state index is -4.37. The summed E-state index contributed by atoms with van der Waals surface area (Å²) in [7, 11) is -1.97. The largest absolute Gasteiger partial charge is 0.493 e. The molecule has 0 saturated carbocycles. The van der Waals surface area contributed by atoms with E-state index in [1.165, 1.54) is 14.2 Å². The van der Waals surface area contributed by atoms with Crippen LogP contribution in [0.3, 0.4) is 0 Å². The summed E-state index contributed by atoms with van der Waals surface area (Å²) in [4.78, 5) is 10.8. The average molecular weight is 373 g/mol. The van der Waals surface area contributed by atoms with E-state index >= 15 is 0 Å². The van der Waals surface area contributed by atoms with Crippen LogP contribution in [0.2, 0.25) is 0 Å². The number of hydrogen-bond donors (Lipinski definition) is 2. The summed E-state index contributed by atoms with van der Waals surface area (Å²) in [5.74, 6) is -3.74. The molecular formula is C15H13F2NO6S. The van der Waals surface area contributed by atoms with E-state index in [0.717, 1.165) is 24.3 Å². The summed E-state index contributed by atoms with van der Waals surface area (Å²) in [6.45, 7) is 0. The second kappa shape index (κ2) is 6.93. The third-order valence-corrected chi connectivity index (χ3v) is 4.51. The number of carbonyl (C=O) groups is 1. The van der Waals surface area contributed by atoms with Crippen molar-refractivity contribution in [1.29, 1.82) is 0 Å². The maximum Gasteiger partial charge on any atom is 0.339 e. The Morgan fingerprint density at radius 1 is 1.12 bits per heavy atom. The summed E-state index contributed by atoms with van der Waals surface area (Å²) in [5, 5.41) is 9.22. The van der Waals surface area contributed by atoms with E-state index in [0.29, 0.717) is 6.07 Å². The molecule has 0 aliphatic rings. The summed E-state index contributed by atoms with van der Waals surface area (Å²) in [5.41, 5.74) is -0.949. The molecule has 0 bridgehead atoms. The fourth-order valence-corrected chi connectivity index (χ4v) is 3.14. The van der Waals surface area contributed by atoms with Crippen molar-refractivity contribution >= 4 is 21.7 Å². The molecule has 0 aliphatic heterocycles. The number of methoxy groups -OCH3 is 2. The standard InChI is InChI=1S/C15H13F2NO6S/c1-23-13-7-9(6-10(15(19)20)14(13)24-2)25(21,22)18-12-4-3-8(16)5-11(12)17/h3-7,18H,1-2H3,(H,19,20). The van der Waals surface area contributed by atoms with Gasteiger partial charge in [0.1, 0.15) is 17.2 Å². The Kier molecular flexibility index (Phi) is 5.12. The van der Waals surface area contributed by atoms with E-state index < -0.39 is 43.8 Å². The number of ether oxygens (including phenoxy) is 2. The molecule has 2 aromatic carbocycles. The highest BCUT2D eigenvalue weighted by molar-refractivity contribution is 7.92. The lowest BCUT2D eigenvalue weighted by Gasteiger charge is -2.14. The van der Waals surface area contributed by atoms with Gasteiger partial charge in [-0.05, 0) is 18.2 Å². The Balaban J connectivity index is 2.55. The van der Waals surface area contributed by atoms with E-state index in [1.807, 2.05) is 4.72 Å². The molecule has 0 spiro atoms. The highest BCUT2D eigenvalue weighted by atomic mass is 32.2. The SMILES string of the molecule is COc1cc(S(=O)(=O)Nc2ccc(F)cc2F)cc(C(=O)O)c1OC. The zero-order valence-corrected chi connectivity index (χ0v) is 13.9. The minimum Gasteiger partial charge on any atom is -0.493 e. The maximum absolute atomic E-state index is 13.7. The van der Waals surface area contributed by atoms with Crippen LogP contribution in [0.5, 0.6) is 11.5 Å². The lowest BCUT2D eigenvalue weighted by atomic mass is 10.2. The lowest BCUT2D eigenvalue weighted by Crippen LogP contribution is -2.15. The molecule has 0 unspecified atom stereocenters. The van der Waals surface area contributed by atoms with Gasteiger partial charge < -0.3 is 14.6 Å². The monoisotopic (exact) mass is 373 g/mol. The summed E-state index contributed by atoms with van der Waals surface area (Å²) in [6, 6.07) is 4.15. The van der Waals surface area contributed by atoms with Crippen molar-refractivity contribution in [1.82, 2.24) is 0 Å². The molecule has 0 fully saturated rings. The molecule has 0 heterocycles. The van der Waals surface area contributed by atoms with Gasteiger partial charge in [0.25, 0.3) is 10.0 Å². The van der Waals surface area contributed by atoms with Crippen molar-refractivity contribution in [3.8, 4) is 11.5 Å². The van der Waals surface area contributed by atoms with Crippen LogP contribution in [0, 0.1) is 11.6 Å². The number of halogens is 2. The molecule has 0 aromatic heterocycles. The van der Waals surface area contributed by atoms with Gasteiger partial charge in [0.2, 0.25) is 0 Å². The molecule has 10 heteroatoms. The zero-order chi connectivity index (χ0) is 18.8. The molecule has 0 atom stereocenters. The Morgan fingerprint density at radius 2 is 1.80 bits per heavy atom. The topological polar surface area (TPSA) is 102 Å². The molecule has 2 N–H and O–H groups in total. The van der Waals surface area contributed by atoms with Crippen LogP contribution < -0.4 is 14.2 Å². The van der Waals surface area contributed by atoms with Crippen molar-refractivity contribution in [2.75, 3.05) is 18.9 Å². The normalized spacial score (nSPS) is 11.0. The average Bonchev–Trinajstić information content (AvgIpc) is 2.55. The molecule has 25 heavy (non-hydrogen) atoms. The smallest absolute Gasteiger partial charge is 0.339 e. The molecule has 0 aliphatic carbocycles. The third-order valence-electron chi connectivity index (χ3n) is 3.17. The highest BCUT2D eigenvalue weighted by Gasteiger charge is 2.24. The van der Waals surface area contributed by atoms with Crippen molar-refractivity contribution in [3.05, 3.63) is 47.5 Å². The van der Waals surface area contributed by atoms with Crippen LogP contribution in [-0.4, -0.2) is 33.7 Å². The number of benzene rings is 2. The van der Waals surface area contributed by atoms with Crippen LogP contribution in [0.4, 0.5) is 14.5 Å². The zero-order valence-electron chi connectivity index (χ0n) is 13.0. The van der Waals surface area contributed by atoms with Gasteiger partial charge in [0.15, 0.2) is 11.5 Å². The lowest BCUT2D eigenvalue weighted by molar-refractivity contribution is 0.0692. The Bertz CT molecular complexity index is 930. The Labute approximate surface area is 141 Å². The molecule has 7 nitrogen and oxygen atoms in total. The molecule has 134 valence electrons. The molecule has 2 rings (SSSR count). The van der Waals surface area contributed by atoms with Gasteiger partial charge >= 0.3 is 5.97 Å². The van der Waals surface area contributed by atoms with E-state index in [9.17, 15) is 27.1 Å². The molecule has 0 saturated heterocycles. The van der Waals surface area contributed by atoms with Crippen molar-refractivity contribution in [2.45, 2.75) is 4.90 Å². The van der Waals surface area contributed by atoms with E-state index in [-0.39, 0.29) is 11.5 Å². The predicted octanol–water partition coefficient (Wildman–Crippen LogP) is 2.48. The number of aromatic carboxylic acids is 1. The van der Waals surface area contributed by atoms with Crippen LogP contribution >= 0.6 is 0 Å². The molecular weight excluding hydrogens is 360 g/mol. The predicted molar refractivity (Wildman–Crippen MR) is 83.7 cm³/mol. The van der Waals surface area contributed by atoms with Crippen LogP contribution in [0.15, 0.2) is 35.2 Å². The fraction of sp³-hybridized carbons (Fsp3) is 0.133. The van der Waals surface area contributed by atoms with E-state index in [4.69, 9.17) is 9.47 Å². The number of anilines is 1. The summed E-state index contributed by atoms with van der Waals surface area (Å²) < 4.78 is 63.2. The second-order valence-electron chi connectivity index (χ2n) is 4.74. The second-order valence-corrected chi connectivity index (χ2v) is 6.42. The first-order chi connectivity index (χ1) is 11.7. The van der Waals surface area contributed by atoms with Gasteiger partial charge in [-0.2, -0.15) is 0 Å². The summed E-state index contributed by atoms with van der Waals surface area (Å²) >= 11 is 0. The van der Waals surface area contributed by atoms with Gasteiger partial charge in [0.05, 0.1) is 24.8 Å². The molecule has 2 aromatic rings. The van der Waals surface area contributed by atoms with Gasteiger partial charge in [0, 0.05) is 12.1 Å². The minimum absolute atomic E-state index is 0.137. The number of hydrogen-bond acceptors (Lipinski definition) is 5. The van der Waals surface area contributed by atoms with Crippen LogP contribution in [-0.2, 0) is 10.0 Å². The van der Waals surface area contributed by atoms with Crippen LogP contribution in [0.25, 0.3) is 0 Å². The van der Waals surface area contributed by atoms with Crippen molar-refractivity contribution in [2.24, 2.45) is 0 Å².